The van der Waals surface area contributed by atoms with E-state index in [2.05, 4.69) is 4.98 Å². The predicted octanol–water partition coefficient (Wildman–Crippen LogP) is 5.30. The van der Waals surface area contributed by atoms with Crippen LogP contribution >= 0.6 is 0 Å². The quantitative estimate of drug-likeness (QED) is 0.615. The van der Waals surface area contributed by atoms with Gasteiger partial charge in [0, 0.05) is 18.6 Å². The molecule has 2 aromatic rings. The van der Waals surface area contributed by atoms with Gasteiger partial charge in [0.1, 0.15) is 0 Å². The summed E-state index contributed by atoms with van der Waals surface area (Å²) in [5.41, 5.74) is -3.80. The minimum Gasteiger partial charge on any atom is -0.265 e. The zero-order valence-corrected chi connectivity index (χ0v) is 15.8. The van der Waals surface area contributed by atoms with E-state index in [-0.39, 0.29) is 27.2 Å². The molecule has 0 bridgehead atoms. The summed E-state index contributed by atoms with van der Waals surface area (Å²) >= 11 is 0. The first-order chi connectivity index (χ1) is 13.3. The van der Waals surface area contributed by atoms with Crippen molar-refractivity contribution in [2.24, 2.45) is 5.41 Å². The average molecular weight is 435 g/mol. The van der Waals surface area contributed by atoms with E-state index in [1.54, 1.807) is 0 Å². The molecular formula is C19H15F6NO2S. The Labute approximate surface area is 163 Å². The number of halogens is 6. The van der Waals surface area contributed by atoms with Crippen molar-refractivity contribution < 1.29 is 34.8 Å². The summed E-state index contributed by atoms with van der Waals surface area (Å²) in [6.07, 6.45) is -10.0. The van der Waals surface area contributed by atoms with E-state index >= 15 is 0 Å². The number of hydrogen-bond acceptors (Lipinski definition) is 3. The van der Waals surface area contributed by atoms with Crippen LogP contribution in [0.1, 0.15) is 24.0 Å². The fraction of sp³-hybridized carbons (Fsp3) is 0.316. The number of nitrogens with zero attached hydrogens (tertiary/aromatic N) is 1. The highest BCUT2D eigenvalue weighted by Crippen LogP contribution is 2.64. The van der Waals surface area contributed by atoms with Crippen molar-refractivity contribution >= 4 is 21.0 Å². The smallest absolute Gasteiger partial charge is 0.265 e. The van der Waals surface area contributed by atoms with Crippen LogP contribution in [-0.4, -0.2) is 32.0 Å². The van der Waals surface area contributed by atoms with Gasteiger partial charge >= 0.3 is 12.4 Å². The molecule has 3 nitrogen and oxygen atoms in total. The lowest BCUT2D eigenvalue weighted by atomic mass is 9.81. The van der Waals surface area contributed by atoms with E-state index in [1.165, 1.54) is 48.8 Å². The lowest BCUT2D eigenvalue weighted by Gasteiger charge is -2.34. The van der Waals surface area contributed by atoms with Gasteiger partial charge in [-0.25, -0.2) is 8.42 Å². The first-order valence-electron chi connectivity index (χ1n) is 8.33. The maximum Gasteiger partial charge on any atom is 0.403 e. The number of alkyl halides is 6. The fourth-order valence-corrected chi connectivity index (χ4v) is 4.08. The van der Waals surface area contributed by atoms with Crippen molar-refractivity contribution in [2.45, 2.75) is 30.1 Å². The molecule has 1 heterocycles. The number of hydrogen-bond donors (Lipinski definition) is 0. The molecule has 1 aliphatic rings. The topological polar surface area (TPSA) is 47.0 Å². The van der Waals surface area contributed by atoms with Gasteiger partial charge in [-0.1, -0.05) is 12.1 Å². The summed E-state index contributed by atoms with van der Waals surface area (Å²) < 4.78 is 105. The van der Waals surface area contributed by atoms with Crippen LogP contribution < -0.4 is 0 Å². The highest BCUT2D eigenvalue weighted by atomic mass is 32.2. The molecule has 0 amide bonds. The molecule has 3 rings (SSSR count). The van der Waals surface area contributed by atoms with E-state index in [9.17, 15) is 34.8 Å². The molecule has 0 saturated carbocycles. The van der Waals surface area contributed by atoms with Crippen LogP contribution in [0.5, 0.6) is 0 Å². The maximum absolute atomic E-state index is 13.7. The largest absolute Gasteiger partial charge is 0.403 e. The number of aromatic nitrogens is 1. The summed E-state index contributed by atoms with van der Waals surface area (Å²) in [4.78, 5) is 3.67. The van der Waals surface area contributed by atoms with Crippen LogP contribution in [0.4, 0.5) is 26.3 Å². The predicted molar refractivity (Wildman–Crippen MR) is 94.4 cm³/mol. The molecule has 0 radical (unpaired) electrons. The third-order valence-corrected chi connectivity index (χ3v) is 6.19. The highest BCUT2D eigenvalue weighted by Gasteiger charge is 2.72. The average Bonchev–Trinajstić information content (AvgIpc) is 3.04. The number of benzene rings is 1. The van der Waals surface area contributed by atoms with E-state index in [0.29, 0.717) is 0 Å². The van der Waals surface area contributed by atoms with Gasteiger partial charge in [0.05, 0.1) is 4.90 Å². The van der Waals surface area contributed by atoms with Gasteiger partial charge in [-0.05, 0) is 59.4 Å². The Morgan fingerprint density at radius 3 is 1.59 bits per heavy atom. The van der Waals surface area contributed by atoms with Crippen molar-refractivity contribution in [1.29, 1.82) is 0 Å². The Morgan fingerprint density at radius 2 is 1.21 bits per heavy atom. The second kappa shape index (κ2) is 6.86. The molecule has 0 saturated heterocycles. The third-order valence-electron chi connectivity index (χ3n) is 5.07. The number of sulfone groups is 1. The SMILES string of the molecule is CS(=O)(=O)c1ccc(C2=C(c3ccncc3)CC(C(F)(F)F)(C(F)(F)F)C2)cc1. The standard InChI is InChI=1S/C19H15F6NO2S/c1-29(27,28)14-4-2-12(3-5-14)15-10-17(18(20,21)22,19(23,24)25)11-16(15)13-6-8-26-9-7-13/h2-9H,10-11H2,1H3. The molecule has 1 aromatic carbocycles. The summed E-state index contributed by atoms with van der Waals surface area (Å²) in [5, 5.41) is 0. The molecule has 0 atom stereocenters. The normalized spacial score (nSPS) is 17.6. The summed E-state index contributed by atoms with van der Waals surface area (Å²) in [6, 6.07) is 7.50. The summed E-state index contributed by atoms with van der Waals surface area (Å²) in [5.74, 6) is 0. The Bertz CT molecular complexity index is 1020. The molecule has 1 aromatic heterocycles. The van der Waals surface area contributed by atoms with E-state index in [4.69, 9.17) is 0 Å². The zero-order chi connectivity index (χ0) is 21.7. The van der Waals surface area contributed by atoms with E-state index in [0.717, 1.165) is 6.26 Å². The molecular weight excluding hydrogens is 420 g/mol. The molecule has 156 valence electrons. The number of rotatable bonds is 3. The molecule has 0 spiro atoms. The molecule has 1 aliphatic carbocycles. The summed E-state index contributed by atoms with van der Waals surface area (Å²) in [7, 11) is -3.56. The Morgan fingerprint density at radius 1 is 0.793 bits per heavy atom. The minimum absolute atomic E-state index is 0.0804. The Kier molecular flexibility index (Phi) is 5.05. The second-order valence-corrected chi connectivity index (χ2v) is 8.94. The molecule has 0 fully saturated rings. The van der Waals surface area contributed by atoms with Crippen LogP contribution in [0.2, 0.25) is 0 Å². The van der Waals surface area contributed by atoms with Crippen LogP contribution in [0.25, 0.3) is 11.1 Å². The molecule has 10 heteroatoms. The van der Waals surface area contributed by atoms with Crippen molar-refractivity contribution in [2.75, 3.05) is 6.26 Å². The summed E-state index contributed by atoms with van der Waals surface area (Å²) in [6.45, 7) is 0. The first kappa shape index (κ1) is 21.4. The number of allylic oxidation sites excluding steroid dienone is 2. The molecule has 0 aliphatic heterocycles. The van der Waals surface area contributed by atoms with Gasteiger partial charge in [-0.15, -0.1) is 0 Å². The van der Waals surface area contributed by atoms with Crippen LogP contribution in [-0.2, 0) is 9.84 Å². The number of pyridine rings is 1. The third kappa shape index (κ3) is 3.77. The fourth-order valence-electron chi connectivity index (χ4n) is 3.45. The Balaban J connectivity index is 2.19. The van der Waals surface area contributed by atoms with Gasteiger partial charge in [-0.2, -0.15) is 26.3 Å². The lowest BCUT2D eigenvalue weighted by Crippen LogP contribution is -2.48. The highest BCUT2D eigenvalue weighted by molar-refractivity contribution is 7.90. The van der Waals surface area contributed by atoms with Crippen molar-refractivity contribution in [1.82, 2.24) is 4.98 Å². The van der Waals surface area contributed by atoms with Gasteiger partial charge in [0.15, 0.2) is 15.3 Å². The lowest BCUT2D eigenvalue weighted by molar-refractivity contribution is -0.335. The molecule has 0 unspecified atom stereocenters. The first-order valence-corrected chi connectivity index (χ1v) is 10.2. The van der Waals surface area contributed by atoms with Gasteiger partial charge in [0.2, 0.25) is 0 Å². The van der Waals surface area contributed by atoms with Crippen LogP contribution in [0.15, 0.2) is 53.7 Å². The van der Waals surface area contributed by atoms with Crippen LogP contribution in [0.3, 0.4) is 0 Å². The molecule has 0 N–H and O–H groups in total. The van der Waals surface area contributed by atoms with Crippen molar-refractivity contribution in [3.63, 3.8) is 0 Å². The second-order valence-electron chi connectivity index (χ2n) is 6.92. The van der Waals surface area contributed by atoms with Crippen molar-refractivity contribution in [3.05, 3.63) is 59.9 Å². The zero-order valence-electron chi connectivity index (χ0n) is 15.0. The van der Waals surface area contributed by atoms with E-state index in [1.807, 2.05) is 0 Å². The van der Waals surface area contributed by atoms with Gasteiger partial charge in [-0.3, -0.25) is 4.98 Å². The molecule has 29 heavy (non-hydrogen) atoms. The van der Waals surface area contributed by atoms with Crippen molar-refractivity contribution in [3.8, 4) is 0 Å². The van der Waals surface area contributed by atoms with E-state index < -0.39 is 40.4 Å². The monoisotopic (exact) mass is 435 g/mol. The van der Waals surface area contributed by atoms with Gasteiger partial charge in [0.25, 0.3) is 0 Å². The Hall–Kier alpha value is -2.36. The maximum atomic E-state index is 13.7. The minimum atomic E-state index is -5.52. The van der Waals surface area contributed by atoms with Gasteiger partial charge < -0.3 is 0 Å². The van der Waals surface area contributed by atoms with Crippen LogP contribution in [0, 0.1) is 5.41 Å².